The highest BCUT2D eigenvalue weighted by Gasteiger charge is 2.74. The van der Waals surface area contributed by atoms with Crippen LogP contribution in [0.5, 0.6) is 0 Å². The van der Waals surface area contributed by atoms with Crippen LogP contribution < -0.4 is 0 Å². The SMILES string of the molecule is CC12CCC3C(CCC4(O)CC(OC(=O)C[N+]5(C)C6CC(OC(=O)C(CO)c7ccccc7)CC5C5OC56)CCC34C=O)C1(O)CCC2C1=CC(=O)OC1. The quantitative estimate of drug-likeness (QED) is 0.112. The number of carbonyl (C=O) groups excluding carboxylic acids is 4. The lowest BCUT2D eigenvalue weighted by molar-refractivity contribution is -0.949. The number of rotatable bonds is 9. The molecule has 1 aromatic rings. The molecule has 13 unspecified atom stereocenters. The summed E-state index contributed by atoms with van der Waals surface area (Å²) in [6.45, 7) is 2.19. The number of benzene rings is 1. The number of nitrogens with zero attached hydrogens (tertiary/aromatic N) is 1. The summed E-state index contributed by atoms with van der Waals surface area (Å²) < 4.78 is 23.8. The number of cyclic esters (lactones) is 1. The molecule has 0 aromatic heterocycles. The molecular weight excluding hydrogens is 694 g/mol. The van der Waals surface area contributed by atoms with Crippen molar-refractivity contribution in [3.63, 3.8) is 0 Å². The van der Waals surface area contributed by atoms with Gasteiger partial charge in [0.05, 0.1) is 30.3 Å². The van der Waals surface area contributed by atoms with Crippen LogP contribution in [0.25, 0.3) is 0 Å². The van der Waals surface area contributed by atoms with Crippen LogP contribution in [0.4, 0.5) is 0 Å². The summed E-state index contributed by atoms with van der Waals surface area (Å²) in [6.07, 6.45) is 7.40. The second-order valence-corrected chi connectivity index (χ2v) is 18.5. The number of piperidine rings is 1. The molecule has 4 aliphatic carbocycles. The van der Waals surface area contributed by atoms with Crippen LogP contribution in [-0.2, 0) is 38.1 Å². The van der Waals surface area contributed by atoms with Gasteiger partial charge in [0.25, 0.3) is 0 Å². The van der Waals surface area contributed by atoms with Gasteiger partial charge in [0, 0.05) is 30.8 Å². The van der Waals surface area contributed by atoms with E-state index in [1.165, 1.54) is 0 Å². The number of hydrogen-bond donors (Lipinski definition) is 3. The van der Waals surface area contributed by atoms with Crippen molar-refractivity contribution in [3.05, 3.63) is 47.5 Å². The van der Waals surface area contributed by atoms with Gasteiger partial charge in [0.15, 0.2) is 6.54 Å². The molecule has 4 saturated carbocycles. The smallest absolute Gasteiger partial charge is 0.362 e. The minimum Gasteiger partial charge on any atom is -0.461 e. The van der Waals surface area contributed by atoms with Gasteiger partial charge < -0.3 is 43.5 Å². The largest absolute Gasteiger partial charge is 0.461 e. The van der Waals surface area contributed by atoms with Crippen molar-refractivity contribution in [2.75, 3.05) is 26.8 Å². The van der Waals surface area contributed by atoms with E-state index in [1.807, 2.05) is 18.2 Å². The van der Waals surface area contributed by atoms with E-state index in [9.17, 15) is 34.5 Å². The third-order valence-corrected chi connectivity index (χ3v) is 16.4. The van der Waals surface area contributed by atoms with Crippen LogP contribution in [-0.4, -0.2) is 119 Å². The molecule has 7 fully saturated rings. The maximum absolute atomic E-state index is 13.8. The number of hydrogen-bond acceptors (Lipinski definition) is 11. The van der Waals surface area contributed by atoms with Gasteiger partial charge in [0.2, 0.25) is 0 Å². The van der Waals surface area contributed by atoms with Gasteiger partial charge in [0.1, 0.15) is 55.3 Å². The van der Waals surface area contributed by atoms with Crippen molar-refractivity contribution in [3.8, 4) is 0 Å². The number of aldehydes is 1. The standard InChI is InChI=1S/C42H54NO11/c1-39-12-9-30-31(42(39,50)15-11-29(39)25-16-34(46)51-22-25)10-14-41(49)19-26(8-13-40(30,41)23-45)52-35(47)20-43(2)32-17-27(18-33(43)37-36(32)54-37)53-38(48)28(21-44)24-6-4-3-5-7-24/h3-7,16,23,26-33,36-37,44,49-50H,8-15,17-22H2,1-2H3/q+1. The fourth-order valence-corrected chi connectivity index (χ4v) is 13.6. The number of epoxide rings is 1. The number of esters is 3. The Bertz CT molecular complexity index is 1730. The fraction of sp³-hybridized carbons (Fsp3) is 0.714. The Kier molecular flexibility index (Phi) is 8.56. The highest BCUT2D eigenvalue weighted by molar-refractivity contribution is 5.85. The van der Waals surface area contributed by atoms with E-state index in [-0.39, 0.29) is 86.3 Å². The van der Waals surface area contributed by atoms with Gasteiger partial charge in [-0.25, -0.2) is 9.59 Å². The summed E-state index contributed by atoms with van der Waals surface area (Å²) in [5.74, 6) is -2.20. The van der Waals surface area contributed by atoms with Crippen molar-refractivity contribution >= 4 is 24.2 Å². The second-order valence-electron chi connectivity index (χ2n) is 18.5. The Morgan fingerprint density at radius 3 is 2.35 bits per heavy atom. The first-order chi connectivity index (χ1) is 25.8. The molecule has 0 spiro atoms. The lowest BCUT2D eigenvalue weighted by Gasteiger charge is -2.65. The Labute approximate surface area is 315 Å². The molecule has 292 valence electrons. The summed E-state index contributed by atoms with van der Waals surface area (Å²) in [7, 11) is 2.06. The lowest BCUT2D eigenvalue weighted by atomic mass is 9.41. The Hall–Kier alpha value is -3.16. The number of carbonyl (C=O) groups is 4. The van der Waals surface area contributed by atoms with E-state index in [2.05, 4.69) is 14.0 Å². The molecule has 2 bridgehead atoms. The van der Waals surface area contributed by atoms with Crippen LogP contribution in [0, 0.1) is 28.6 Å². The van der Waals surface area contributed by atoms with Gasteiger partial charge in [-0.05, 0) is 80.3 Å². The zero-order chi connectivity index (χ0) is 37.8. The average molecular weight is 749 g/mol. The van der Waals surface area contributed by atoms with Crippen molar-refractivity contribution < 1.29 is 57.9 Å². The van der Waals surface area contributed by atoms with Crippen LogP contribution in [0.1, 0.15) is 89.0 Å². The number of aliphatic hydroxyl groups excluding tert-OH is 1. The van der Waals surface area contributed by atoms with E-state index in [1.54, 1.807) is 18.2 Å². The van der Waals surface area contributed by atoms with Gasteiger partial charge in [-0.1, -0.05) is 37.3 Å². The first-order valence-electron chi connectivity index (χ1n) is 20.1. The third-order valence-electron chi connectivity index (χ3n) is 16.4. The van der Waals surface area contributed by atoms with E-state index in [0.29, 0.717) is 67.8 Å². The summed E-state index contributed by atoms with van der Waals surface area (Å²) in [4.78, 5) is 52.1. The molecule has 12 heteroatoms. The van der Waals surface area contributed by atoms with Crippen molar-refractivity contribution in [2.24, 2.45) is 28.6 Å². The number of likely N-dealkylation sites (N-methyl/N-ethyl adjacent to an activating group) is 1. The number of morpholine rings is 1. The van der Waals surface area contributed by atoms with Gasteiger partial charge in [-0.2, -0.15) is 0 Å². The second kappa shape index (κ2) is 12.7. The zero-order valence-corrected chi connectivity index (χ0v) is 31.3. The predicted octanol–water partition coefficient (Wildman–Crippen LogP) is 2.90. The third kappa shape index (κ3) is 5.18. The fourth-order valence-electron chi connectivity index (χ4n) is 13.6. The Balaban J connectivity index is 0.847. The van der Waals surface area contributed by atoms with Crippen LogP contribution in [0.2, 0.25) is 0 Å². The normalized spacial score (nSPS) is 47.5. The Morgan fingerprint density at radius 1 is 0.963 bits per heavy atom. The van der Waals surface area contributed by atoms with E-state index < -0.39 is 40.0 Å². The number of quaternary nitrogens is 1. The van der Waals surface area contributed by atoms with E-state index >= 15 is 0 Å². The Morgan fingerprint density at radius 2 is 1.69 bits per heavy atom. The minimum atomic E-state index is -1.35. The molecule has 3 N–H and O–H groups in total. The number of aliphatic hydroxyl groups is 3. The molecule has 1 aromatic carbocycles. The highest BCUT2D eigenvalue weighted by atomic mass is 16.6. The summed E-state index contributed by atoms with van der Waals surface area (Å²) in [5, 5.41) is 34.9. The molecule has 0 amide bonds. The average Bonchev–Trinajstić information content (AvgIpc) is 3.69. The molecule has 54 heavy (non-hydrogen) atoms. The first kappa shape index (κ1) is 36.5. The molecule has 12 nitrogen and oxygen atoms in total. The molecule has 0 radical (unpaired) electrons. The first-order valence-corrected chi connectivity index (χ1v) is 20.1. The van der Waals surface area contributed by atoms with Crippen LogP contribution >= 0.6 is 0 Å². The van der Waals surface area contributed by atoms with Crippen LogP contribution in [0.3, 0.4) is 0 Å². The monoisotopic (exact) mass is 748 g/mol. The van der Waals surface area contributed by atoms with E-state index in [4.69, 9.17) is 18.9 Å². The topological polar surface area (TPSA) is 169 Å². The van der Waals surface area contributed by atoms with Gasteiger partial charge >= 0.3 is 17.9 Å². The zero-order valence-electron chi connectivity index (χ0n) is 31.3. The molecule has 9 rings (SSSR count). The summed E-state index contributed by atoms with van der Waals surface area (Å²) >= 11 is 0. The number of fused-ring (bicyclic) bond motifs is 10. The van der Waals surface area contributed by atoms with Crippen LogP contribution in [0.15, 0.2) is 42.0 Å². The predicted molar refractivity (Wildman–Crippen MR) is 190 cm³/mol. The van der Waals surface area contributed by atoms with Crippen molar-refractivity contribution in [1.82, 2.24) is 0 Å². The molecule has 4 heterocycles. The number of ether oxygens (including phenoxy) is 4. The molecule has 4 aliphatic heterocycles. The van der Waals surface area contributed by atoms with Gasteiger partial charge in [-0.3, -0.25) is 4.79 Å². The minimum absolute atomic E-state index is 0.00826. The molecular formula is C42H54NO11+. The van der Waals surface area contributed by atoms with E-state index in [0.717, 1.165) is 18.3 Å². The molecule has 3 saturated heterocycles. The highest BCUT2D eigenvalue weighted by Crippen LogP contribution is 2.70. The molecule has 8 aliphatic rings. The summed E-state index contributed by atoms with van der Waals surface area (Å²) in [6, 6.07) is 9.03. The molecule has 13 atom stereocenters. The summed E-state index contributed by atoms with van der Waals surface area (Å²) in [5.41, 5.74) is -2.21. The maximum atomic E-state index is 13.8. The maximum Gasteiger partial charge on any atom is 0.362 e. The van der Waals surface area contributed by atoms with Crippen molar-refractivity contribution in [1.29, 1.82) is 0 Å². The van der Waals surface area contributed by atoms with Crippen molar-refractivity contribution in [2.45, 2.75) is 131 Å². The lowest BCUT2D eigenvalue weighted by Crippen LogP contribution is -2.69. The van der Waals surface area contributed by atoms with Gasteiger partial charge in [-0.15, -0.1) is 0 Å².